The molecule has 66 valence electrons. The summed E-state index contributed by atoms with van der Waals surface area (Å²) in [6.45, 7) is 7.94. The molecule has 2 nitrogen and oxygen atoms in total. The molecular formula is C9H19NO. The summed E-state index contributed by atoms with van der Waals surface area (Å²) < 4.78 is 5.13. The van der Waals surface area contributed by atoms with Crippen molar-refractivity contribution in [2.24, 2.45) is 5.92 Å². The molecule has 0 aromatic carbocycles. The highest BCUT2D eigenvalue weighted by Gasteiger charge is 2.23. The topological polar surface area (TPSA) is 12.5 Å². The lowest BCUT2D eigenvalue weighted by Crippen LogP contribution is -2.28. The van der Waals surface area contributed by atoms with Gasteiger partial charge in [0.1, 0.15) is 0 Å². The quantitative estimate of drug-likeness (QED) is 0.613. The normalized spacial score (nSPS) is 26.7. The molecule has 1 unspecified atom stereocenters. The minimum atomic E-state index is 0.705. The highest BCUT2D eigenvalue weighted by molar-refractivity contribution is 4.77. The van der Waals surface area contributed by atoms with Gasteiger partial charge in [0.15, 0.2) is 0 Å². The van der Waals surface area contributed by atoms with E-state index in [0.717, 1.165) is 12.5 Å². The summed E-state index contributed by atoms with van der Waals surface area (Å²) in [5.74, 6) is 0.780. The number of hydrogen-bond donors (Lipinski definition) is 0. The van der Waals surface area contributed by atoms with Crippen LogP contribution in [-0.4, -0.2) is 37.7 Å². The predicted octanol–water partition coefficient (Wildman–Crippen LogP) is 1.36. The van der Waals surface area contributed by atoms with Crippen molar-refractivity contribution >= 4 is 0 Å². The van der Waals surface area contributed by atoms with Gasteiger partial charge in [-0.2, -0.15) is 0 Å². The van der Waals surface area contributed by atoms with Crippen molar-refractivity contribution < 1.29 is 4.74 Å². The highest BCUT2D eigenvalue weighted by atomic mass is 16.5. The Morgan fingerprint density at radius 3 is 2.73 bits per heavy atom. The van der Waals surface area contributed by atoms with Gasteiger partial charge in [-0.3, -0.25) is 0 Å². The Morgan fingerprint density at radius 2 is 2.27 bits per heavy atom. The molecule has 0 aliphatic carbocycles. The molecule has 1 saturated heterocycles. The molecule has 1 heterocycles. The molecule has 1 aliphatic heterocycles. The second kappa shape index (κ2) is 4.07. The van der Waals surface area contributed by atoms with Crippen LogP contribution < -0.4 is 0 Å². The Bertz CT molecular complexity index is 114. The number of methoxy groups -OCH3 is 1. The molecule has 1 aliphatic rings. The largest absolute Gasteiger partial charge is 0.384 e. The first-order valence-corrected chi connectivity index (χ1v) is 4.47. The zero-order valence-electron chi connectivity index (χ0n) is 7.84. The van der Waals surface area contributed by atoms with Crippen molar-refractivity contribution in [3.8, 4) is 0 Å². The van der Waals surface area contributed by atoms with Crippen LogP contribution in [0.3, 0.4) is 0 Å². The van der Waals surface area contributed by atoms with E-state index >= 15 is 0 Å². The van der Waals surface area contributed by atoms with E-state index < -0.39 is 0 Å². The fraction of sp³-hybridized carbons (Fsp3) is 1.00. The van der Waals surface area contributed by atoms with E-state index in [1.54, 1.807) is 7.11 Å². The van der Waals surface area contributed by atoms with Crippen molar-refractivity contribution in [1.82, 2.24) is 4.90 Å². The van der Waals surface area contributed by atoms with Crippen molar-refractivity contribution in [2.75, 3.05) is 26.8 Å². The Kier molecular flexibility index (Phi) is 3.34. The van der Waals surface area contributed by atoms with Crippen LogP contribution in [0, 0.1) is 5.92 Å². The van der Waals surface area contributed by atoms with Gasteiger partial charge in [0.2, 0.25) is 0 Å². The lowest BCUT2D eigenvalue weighted by Gasteiger charge is -2.19. The number of rotatable bonds is 3. The van der Waals surface area contributed by atoms with Gasteiger partial charge in [-0.25, -0.2) is 0 Å². The molecule has 0 N–H and O–H groups in total. The predicted molar refractivity (Wildman–Crippen MR) is 46.7 cm³/mol. The lowest BCUT2D eigenvalue weighted by atomic mass is 10.1. The molecule has 11 heavy (non-hydrogen) atoms. The summed E-state index contributed by atoms with van der Waals surface area (Å²) in [5, 5.41) is 0. The Hall–Kier alpha value is -0.0800. The van der Waals surface area contributed by atoms with E-state index in [2.05, 4.69) is 18.7 Å². The van der Waals surface area contributed by atoms with E-state index in [-0.39, 0.29) is 0 Å². The van der Waals surface area contributed by atoms with Gasteiger partial charge in [-0.1, -0.05) is 0 Å². The third-order valence-electron chi connectivity index (χ3n) is 2.45. The third-order valence-corrected chi connectivity index (χ3v) is 2.45. The summed E-state index contributed by atoms with van der Waals surface area (Å²) in [4.78, 5) is 2.52. The lowest BCUT2D eigenvalue weighted by molar-refractivity contribution is 0.149. The van der Waals surface area contributed by atoms with Gasteiger partial charge >= 0.3 is 0 Å². The van der Waals surface area contributed by atoms with Crippen LogP contribution in [-0.2, 0) is 4.74 Å². The van der Waals surface area contributed by atoms with Gasteiger partial charge in [-0.05, 0) is 32.7 Å². The van der Waals surface area contributed by atoms with Gasteiger partial charge in [0.05, 0.1) is 6.61 Å². The minimum absolute atomic E-state index is 0.705. The molecule has 0 aromatic rings. The fourth-order valence-electron chi connectivity index (χ4n) is 1.70. The summed E-state index contributed by atoms with van der Waals surface area (Å²) in [6, 6.07) is 0.705. The summed E-state index contributed by atoms with van der Waals surface area (Å²) in [5.41, 5.74) is 0. The van der Waals surface area contributed by atoms with E-state index in [9.17, 15) is 0 Å². The van der Waals surface area contributed by atoms with Crippen LogP contribution in [0.4, 0.5) is 0 Å². The molecule has 0 bridgehead atoms. The van der Waals surface area contributed by atoms with Crippen LogP contribution in [0.15, 0.2) is 0 Å². The molecular weight excluding hydrogens is 138 g/mol. The van der Waals surface area contributed by atoms with E-state index in [1.807, 2.05) is 0 Å². The standard InChI is InChI=1S/C9H19NO/c1-8(2)10-5-4-9(6-10)7-11-3/h8-9H,4-7H2,1-3H3. The molecule has 1 atom stereocenters. The molecule has 2 heteroatoms. The van der Waals surface area contributed by atoms with Crippen molar-refractivity contribution in [3.63, 3.8) is 0 Å². The average Bonchev–Trinajstić information content (AvgIpc) is 2.37. The molecule has 1 fully saturated rings. The summed E-state index contributed by atoms with van der Waals surface area (Å²) >= 11 is 0. The Balaban J connectivity index is 2.23. The average molecular weight is 157 g/mol. The first-order chi connectivity index (χ1) is 5.24. The Morgan fingerprint density at radius 1 is 1.55 bits per heavy atom. The van der Waals surface area contributed by atoms with Crippen molar-refractivity contribution in [2.45, 2.75) is 26.3 Å². The van der Waals surface area contributed by atoms with Gasteiger partial charge < -0.3 is 9.64 Å². The van der Waals surface area contributed by atoms with E-state index in [4.69, 9.17) is 4.74 Å². The van der Waals surface area contributed by atoms with Crippen LogP contribution >= 0.6 is 0 Å². The number of nitrogens with zero attached hydrogens (tertiary/aromatic N) is 1. The van der Waals surface area contributed by atoms with Crippen LogP contribution in [0.25, 0.3) is 0 Å². The minimum Gasteiger partial charge on any atom is -0.384 e. The molecule has 1 rings (SSSR count). The van der Waals surface area contributed by atoms with Gasteiger partial charge in [0, 0.05) is 19.7 Å². The first-order valence-electron chi connectivity index (χ1n) is 4.47. The monoisotopic (exact) mass is 157 g/mol. The van der Waals surface area contributed by atoms with Gasteiger partial charge in [-0.15, -0.1) is 0 Å². The summed E-state index contributed by atoms with van der Waals surface area (Å²) in [6.07, 6.45) is 1.31. The van der Waals surface area contributed by atoms with Crippen LogP contribution in [0.1, 0.15) is 20.3 Å². The zero-order chi connectivity index (χ0) is 8.27. The fourth-order valence-corrected chi connectivity index (χ4v) is 1.70. The molecule has 0 spiro atoms. The summed E-state index contributed by atoms with van der Waals surface area (Å²) in [7, 11) is 1.79. The first kappa shape index (κ1) is 9.01. The van der Waals surface area contributed by atoms with E-state index in [0.29, 0.717) is 6.04 Å². The molecule has 0 saturated carbocycles. The zero-order valence-corrected chi connectivity index (χ0v) is 7.84. The third kappa shape index (κ3) is 2.46. The number of ether oxygens (including phenoxy) is 1. The Labute approximate surface area is 69.5 Å². The van der Waals surface area contributed by atoms with Gasteiger partial charge in [0.25, 0.3) is 0 Å². The van der Waals surface area contributed by atoms with Crippen LogP contribution in [0.5, 0.6) is 0 Å². The SMILES string of the molecule is COCC1CCN(C(C)C)C1. The maximum atomic E-state index is 5.13. The maximum Gasteiger partial charge on any atom is 0.0503 e. The van der Waals surface area contributed by atoms with Crippen molar-refractivity contribution in [1.29, 1.82) is 0 Å². The second-order valence-electron chi connectivity index (χ2n) is 3.70. The highest BCUT2D eigenvalue weighted by Crippen LogP contribution is 2.18. The number of likely N-dealkylation sites (tertiary alicyclic amines) is 1. The molecule has 0 amide bonds. The van der Waals surface area contributed by atoms with Crippen molar-refractivity contribution in [3.05, 3.63) is 0 Å². The molecule has 0 radical (unpaired) electrons. The maximum absolute atomic E-state index is 5.13. The number of hydrogen-bond acceptors (Lipinski definition) is 2. The van der Waals surface area contributed by atoms with Crippen LogP contribution in [0.2, 0.25) is 0 Å². The second-order valence-corrected chi connectivity index (χ2v) is 3.70. The molecule has 0 aromatic heterocycles. The smallest absolute Gasteiger partial charge is 0.0503 e. The van der Waals surface area contributed by atoms with E-state index in [1.165, 1.54) is 19.5 Å².